The second-order valence-corrected chi connectivity index (χ2v) is 6.78. The van der Waals surface area contributed by atoms with Crippen molar-refractivity contribution in [2.24, 2.45) is 5.92 Å². The maximum Gasteiger partial charge on any atom is 4.00 e. The van der Waals surface area contributed by atoms with E-state index in [4.69, 9.17) is 5.73 Å². The average molecular weight is 371 g/mol. The number of nitrogens with one attached hydrogen (secondary N) is 1. The van der Waals surface area contributed by atoms with Gasteiger partial charge in [-0.1, -0.05) is 60.6 Å². The standard InChI is InChI=1S/C9H13.C4H10N.C2H7Si.2ClH.Ti/c1-6-5-7(2)9(4)8(6)3;1-4(2,3)5;1-3-2;;;/h6H,1-4H3;5H,1-3H3;3H,1-2H3;2*1H;/q2*-1;;;;+4/p-2. The van der Waals surface area contributed by atoms with Gasteiger partial charge in [0.1, 0.15) is 0 Å². The molecular formula is C15H30Cl2NSiTi. The van der Waals surface area contributed by atoms with Gasteiger partial charge < -0.3 is 30.5 Å². The Labute approximate surface area is 157 Å². The molecule has 0 saturated carbocycles. The van der Waals surface area contributed by atoms with Crippen LogP contribution in [0.5, 0.6) is 0 Å². The molecule has 1 aliphatic rings. The number of halogens is 2. The zero-order valence-electron chi connectivity index (χ0n) is 14.4. The number of allylic oxidation sites excluding steroid dienone is 4. The summed E-state index contributed by atoms with van der Waals surface area (Å²) in [6, 6.07) is 0. The normalized spacial score (nSPS) is 16.1. The van der Waals surface area contributed by atoms with Crippen molar-refractivity contribution in [3.05, 3.63) is 28.5 Å². The quantitative estimate of drug-likeness (QED) is 0.389. The van der Waals surface area contributed by atoms with E-state index >= 15 is 0 Å². The molecule has 1 radical (unpaired) electrons. The molecule has 0 fully saturated rings. The van der Waals surface area contributed by atoms with Gasteiger partial charge in [-0.05, 0) is 0 Å². The van der Waals surface area contributed by atoms with E-state index in [1.807, 2.05) is 20.8 Å². The second-order valence-electron chi connectivity index (χ2n) is 5.63. The van der Waals surface area contributed by atoms with Crippen molar-refractivity contribution in [3.63, 3.8) is 0 Å². The van der Waals surface area contributed by atoms with E-state index in [9.17, 15) is 0 Å². The molecule has 0 aromatic carbocycles. The SMILES string of the molecule is CC(C)(C)[NH-].CC1=[C-]C(C)C(C)=C1C.C[SiH]C.[Cl-].[Cl-].[Ti+4]. The zero-order valence-corrected chi connectivity index (χ0v) is 18.6. The molecule has 0 aromatic heterocycles. The van der Waals surface area contributed by atoms with Crippen molar-refractivity contribution in [1.29, 1.82) is 0 Å². The third-order valence-electron chi connectivity index (χ3n) is 2.24. The predicted molar refractivity (Wildman–Crippen MR) is 82.9 cm³/mol. The first-order valence-electron chi connectivity index (χ1n) is 6.31. The van der Waals surface area contributed by atoms with Crippen LogP contribution in [0, 0.1) is 12.0 Å². The minimum Gasteiger partial charge on any atom is -1.00 e. The largest absolute Gasteiger partial charge is 4.00 e. The smallest absolute Gasteiger partial charge is 1.00 e. The van der Waals surface area contributed by atoms with Gasteiger partial charge >= 0.3 is 21.7 Å². The number of rotatable bonds is 0. The molecule has 1 rings (SSSR count). The van der Waals surface area contributed by atoms with Gasteiger partial charge in [-0.3, -0.25) is 6.08 Å². The van der Waals surface area contributed by atoms with E-state index in [1.165, 1.54) is 16.7 Å². The van der Waals surface area contributed by atoms with E-state index in [1.54, 1.807) is 0 Å². The topological polar surface area (TPSA) is 23.8 Å². The van der Waals surface area contributed by atoms with Crippen LogP contribution >= 0.6 is 0 Å². The molecular weight excluding hydrogens is 341 g/mol. The maximum absolute atomic E-state index is 6.94. The molecule has 0 spiro atoms. The van der Waals surface area contributed by atoms with Gasteiger partial charge in [0, 0.05) is 9.52 Å². The third kappa shape index (κ3) is 21.3. The monoisotopic (exact) mass is 370 g/mol. The van der Waals surface area contributed by atoms with E-state index in [2.05, 4.69) is 46.9 Å². The first-order valence-corrected chi connectivity index (χ1v) is 8.62. The van der Waals surface area contributed by atoms with Gasteiger partial charge in [0.2, 0.25) is 0 Å². The fraction of sp³-hybridized carbons (Fsp3) is 0.733. The summed E-state index contributed by atoms with van der Waals surface area (Å²) in [5, 5.41) is 0. The summed E-state index contributed by atoms with van der Waals surface area (Å²) in [7, 11) is 0.750. The first kappa shape index (κ1) is 32.8. The molecule has 0 bridgehead atoms. The Kier molecular flexibility index (Phi) is 26.8. The Morgan fingerprint density at radius 2 is 1.30 bits per heavy atom. The van der Waals surface area contributed by atoms with Gasteiger partial charge in [-0.25, -0.2) is 5.57 Å². The summed E-state index contributed by atoms with van der Waals surface area (Å²) < 4.78 is 0. The van der Waals surface area contributed by atoms with Crippen LogP contribution in [0.3, 0.4) is 0 Å². The fourth-order valence-corrected chi connectivity index (χ4v) is 1.16. The van der Waals surface area contributed by atoms with Crippen molar-refractivity contribution in [3.8, 4) is 0 Å². The van der Waals surface area contributed by atoms with Gasteiger partial charge in [0.15, 0.2) is 0 Å². The van der Waals surface area contributed by atoms with Crippen LogP contribution < -0.4 is 24.8 Å². The van der Waals surface area contributed by atoms with Gasteiger partial charge in [0.25, 0.3) is 0 Å². The molecule has 1 N–H and O–H groups in total. The second kappa shape index (κ2) is 16.3. The van der Waals surface area contributed by atoms with Gasteiger partial charge in [-0.15, -0.1) is 12.5 Å². The molecule has 0 saturated heterocycles. The minimum absolute atomic E-state index is 0. The van der Waals surface area contributed by atoms with Crippen LogP contribution in [-0.2, 0) is 21.7 Å². The molecule has 5 heteroatoms. The van der Waals surface area contributed by atoms with Crippen LogP contribution in [0.2, 0.25) is 13.1 Å². The molecule has 1 aliphatic carbocycles. The minimum atomic E-state index is -0.250. The van der Waals surface area contributed by atoms with E-state index in [-0.39, 0.29) is 52.1 Å². The molecule has 117 valence electrons. The van der Waals surface area contributed by atoms with Crippen molar-refractivity contribution in [1.82, 2.24) is 0 Å². The van der Waals surface area contributed by atoms with Crippen molar-refractivity contribution >= 4 is 9.52 Å². The van der Waals surface area contributed by atoms with Gasteiger partial charge in [-0.2, -0.15) is 11.1 Å². The first-order chi connectivity index (χ1) is 7.54. The molecule has 1 atom stereocenters. The predicted octanol–water partition coefficient (Wildman–Crippen LogP) is -0.916. The fourth-order valence-electron chi connectivity index (χ4n) is 1.16. The maximum atomic E-state index is 6.94. The van der Waals surface area contributed by atoms with Crippen LogP contribution in [0.25, 0.3) is 5.73 Å². The third-order valence-corrected chi connectivity index (χ3v) is 2.24. The summed E-state index contributed by atoms with van der Waals surface area (Å²) in [5.41, 5.74) is 10.9. The zero-order chi connectivity index (χ0) is 14.2. The number of hydrogen-bond acceptors (Lipinski definition) is 0. The summed E-state index contributed by atoms with van der Waals surface area (Å²) in [4.78, 5) is 0. The van der Waals surface area contributed by atoms with Crippen LogP contribution in [-0.4, -0.2) is 15.1 Å². The van der Waals surface area contributed by atoms with Crippen LogP contribution in [0.1, 0.15) is 48.5 Å². The van der Waals surface area contributed by atoms with E-state index < -0.39 is 0 Å². The summed E-state index contributed by atoms with van der Waals surface area (Å²) in [6.07, 6.45) is 3.36. The Balaban J connectivity index is -0.0000000601. The molecule has 1 nitrogen and oxygen atoms in total. The van der Waals surface area contributed by atoms with E-state index in [0.717, 1.165) is 9.52 Å². The summed E-state index contributed by atoms with van der Waals surface area (Å²) in [6.45, 7) is 18.6. The Morgan fingerprint density at radius 3 is 1.35 bits per heavy atom. The van der Waals surface area contributed by atoms with Crippen molar-refractivity contribution in [2.75, 3.05) is 0 Å². The molecule has 1 unspecified atom stereocenters. The summed E-state index contributed by atoms with van der Waals surface area (Å²) >= 11 is 0. The molecule has 0 amide bonds. The average Bonchev–Trinajstić information content (AvgIpc) is 2.32. The molecule has 0 aromatic rings. The van der Waals surface area contributed by atoms with Crippen LogP contribution in [0.15, 0.2) is 16.7 Å². The van der Waals surface area contributed by atoms with Crippen molar-refractivity contribution < 1.29 is 46.5 Å². The molecule has 0 heterocycles. The Bertz CT molecular complexity index is 278. The Hall–Kier alpha value is 0.951. The van der Waals surface area contributed by atoms with Gasteiger partial charge in [0.05, 0.1) is 0 Å². The summed E-state index contributed by atoms with van der Waals surface area (Å²) in [5.74, 6) is 0.560. The number of hydrogen-bond donors (Lipinski definition) is 0. The molecule has 20 heavy (non-hydrogen) atoms. The van der Waals surface area contributed by atoms with Crippen LogP contribution in [0.4, 0.5) is 0 Å². The Morgan fingerprint density at radius 1 is 1.05 bits per heavy atom. The molecule has 0 aliphatic heterocycles. The van der Waals surface area contributed by atoms with Crippen molar-refractivity contribution in [2.45, 2.75) is 67.1 Å². The van der Waals surface area contributed by atoms with E-state index in [0.29, 0.717) is 5.92 Å².